The van der Waals surface area contributed by atoms with E-state index in [9.17, 15) is 4.79 Å². The first-order chi connectivity index (χ1) is 12.7. The number of esters is 1. The molecular formula is C21H17ClO3S. The van der Waals surface area contributed by atoms with Crippen molar-refractivity contribution in [3.8, 4) is 11.5 Å². The molecule has 132 valence electrons. The Morgan fingerprint density at radius 3 is 2.50 bits per heavy atom. The molecule has 3 nitrogen and oxygen atoms in total. The van der Waals surface area contributed by atoms with E-state index in [1.807, 2.05) is 66.9 Å². The van der Waals surface area contributed by atoms with Gasteiger partial charge in [0.25, 0.3) is 0 Å². The lowest BCUT2D eigenvalue weighted by molar-refractivity contribution is 0.0472. The third kappa shape index (κ3) is 4.81. The number of benzene rings is 3. The van der Waals surface area contributed by atoms with Gasteiger partial charge in [0.15, 0.2) is 0 Å². The van der Waals surface area contributed by atoms with Crippen LogP contribution in [0.1, 0.15) is 15.9 Å². The second-order valence-electron chi connectivity index (χ2n) is 5.48. The maximum absolute atomic E-state index is 12.3. The summed E-state index contributed by atoms with van der Waals surface area (Å²) >= 11 is 7.66. The van der Waals surface area contributed by atoms with Crippen molar-refractivity contribution in [2.45, 2.75) is 11.5 Å². The number of rotatable bonds is 6. The largest absolute Gasteiger partial charge is 0.457 e. The molecule has 0 saturated heterocycles. The maximum atomic E-state index is 12.3. The van der Waals surface area contributed by atoms with Crippen LogP contribution >= 0.6 is 23.4 Å². The Hall–Kier alpha value is -2.43. The number of hydrogen-bond donors (Lipinski definition) is 0. The van der Waals surface area contributed by atoms with Crippen molar-refractivity contribution in [1.29, 1.82) is 0 Å². The number of hydrogen-bond acceptors (Lipinski definition) is 4. The molecule has 3 rings (SSSR count). The van der Waals surface area contributed by atoms with Crippen LogP contribution in [-0.2, 0) is 11.3 Å². The highest BCUT2D eigenvalue weighted by molar-refractivity contribution is 7.98. The predicted molar refractivity (Wildman–Crippen MR) is 105 cm³/mol. The minimum absolute atomic E-state index is 0.143. The average Bonchev–Trinajstić information content (AvgIpc) is 2.67. The van der Waals surface area contributed by atoms with Crippen LogP contribution in [0.15, 0.2) is 77.7 Å². The first-order valence-electron chi connectivity index (χ1n) is 7.98. The maximum Gasteiger partial charge on any atom is 0.340 e. The van der Waals surface area contributed by atoms with E-state index in [0.717, 1.165) is 16.2 Å². The van der Waals surface area contributed by atoms with Gasteiger partial charge in [-0.2, -0.15) is 0 Å². The van der Waals surface area contributed by atoms with Gasteiger partial charge in [0.2, 0.25) is 0 Å². The molecule has 0 N–H and O–H groups in total. The zero-order chi connectivity index (χ0) is 18.4. The van der Waals surface area contributed by atoms with Gasteiger partial charge in [-0.05, 0) is 54.3 Å². The molecule has 0 unspecified atom stereocenters. The van der Waals surface area contributed by atoms with Crippen molar-refractivity contribution in [3.05, 3.63) is 88.9 Å². The SMILES string of the molecule is CSc1ccc(Cl)c(C(=O)OCc2cccc(Oc3ccccc3)c2)c1. The molecule has 26 heavy (non-hydrogen) atoms. The van der Waals surface area contributed by atoms with Gasteiger partial charge in [0, 0.05) is 4.90 Å². The Kier molecular flexibility index (Phi) is 6.21. The summed E-state index contributed by atoms with van der Waals surface area (Å²) in [7, 11) is 0. The van der Waals surface area contributed by atoms with E-state index < -0.39 is 5.97 Å². The van der Waals surface area contributed by atoms with Gasteiger partial charge in [-0.1, -0.05) is 41.9 Å². The van der Waals surface area contributed by atoms with Crippen molar-refractivity contribution in [2.24, 2.45) is 0 Å². The molecule has 0 fully saturated rings. The Bertz CT molecular complexity index is 897. The Balaban J connectivity index is 1.66. The molecule has 3 aromatic rings. The second-order valence-corrected chi connectivity index (χ2v) is 6.77. The van der Waals surface area contributed by atoms with Gasteiger partial charge in [0.05, 0.1) is 10.6 Å². The molecule has 5 heteroatoms. The first kappa shape index (κ1) is 18.4. The molecular weight excluding hydrogens is 368 g/mol. The quantitative estimate of drug-likeness (QED) is 0.373. The highest BCUT2D eigenvalue weighted by atomic mass is 35.5. The minimum atomic E-state index is -0.444. The monoisotopic (exact) mass is 384 g/mol. The number of para-hydroxylation sites is 1. The third-order valence-corrected chi connectivity index (χ3v) is 4.70. The molecule has 0 spiro atoms. The van der Waals surface area contributed by atoms with E-state index in [2.05, 4.69) is 0 Å². The zero-order valence-electron chi connectivity index (χ0n) is 14.1. The molecule has 3 aromatic carbocycles. The van der Waals surface area contributed by atoms with Crippen LogP contribution in [0.3, 0.4) is 0 Å². The van der Waals surface area contributed by atoms with Crippen LogP contribution < -0.4 is 4.74 Å². The standard InChI is InChI=1S/C21H17ClO3S/c1-26-18-10-11-20(22)19(13-18)21(23)24-14-15-6-5-9-17(12-15)25-16-7-3-2-4-8-16/h2-13H,14H2,1H3. The van der Waals surface area contributed by atoms with Crippen LogP contribution in [-0.4, -0.2) is 12.2 Å². The molecule has 0 aliphatic heterocycles. The zero-order valence-corrected chi connectivity index (χ0v) is 15.7. The lowest BCUT2D eigenvalue weighted by Gasteiger charge is -2.09. The van der Waals surface area contributed by atoms with Gasteiger partial charge in [-0.15, -0.1) is 11.8 Å². The Morgan fingerprint density at radius 2 is 1.73 bits per heavy atom. The second kappa shape index (κ2) is 8.79. The highest BCUT2D eigenvalue weighted by Crippen LogP contribution is 2.25. The van der Waals surface area contributed by atoms with Crippen molar-refractivity contribution >= 4 is 29.3 Å². The van der Waals surface area contributed by atoms with E-state index in [1.54, 1.807) is 23.9 Å². The van der Waals surface area contributed by atoms with Crippen LogP contribution in [0.4, 0.5) is 0 Å². The summed E-state index contributed by atoms with van der Waals surface area (Å²) in [4.78, 5) is 13.3. The predicted octanol–water partition coefficient (Wildman–Crippen LogP) is 6.21. The topological polar surface area (TPSA) is 35.5 Å². The smallest absolute Gasteiger partial charge is 0.340 e. The van der Waals surface area contributed by atoms with Gasteiger partial charge < -0.3 is 9.47 Å². The summed E-state index contributed by atoms with van der Waals surface area (Å²) in [5, 5.41) is 0.383. The van der Waals surface area contributed by atoms with Crippen molar-refractivity contribution < 1.29 is 14.3 Å². The van der Waals surface area contributed by atoms with Crippen LogP contribution in [0.2, 0.25) is 5.02 Å². The van der Waals surface area contributed by atoms with Crippen molar-refractivity contribution in [2.75, 3.05) is 6.26 Å². The summed E-state index contributed by atoms with van der Waals surface area (Å²) < 4.78 is 11.2. The summed E-state index contributed by atoms with van der Waals surface area (Å²) in [6.07, 6.45) is 1.94. The molecule has 0 radical (unpaired) electrons. The summed E-state index contributed by atoms with van der Waals surface area (Å²) in [5.74, 6) is 0.995. The van der Waals surface area contributed by atoms with E-state index in [0.29, 0.717) is 16.3 Å². The Labute approximate surface area is 161 Å². The Morgan fingerprint density at radius 1 is 0.962 bits per heavy atom. The van der Waals surface area contributed by atoms with Crippen LogP contribution in [0.5, 0.6) is 11.5 Å². The molecule has 0 atom stereocenters. The number of carbonyl (C=O) groups is 1. The van der Waals surface area contributed by atoms with Crippen LogP contribution in [0.25, 0.3) is 0 Å². The lowest BCUT2D eigenvalue weighted by Crippen LogP contribution is -2.06. The molecule has 0 amide bonds. The van der Waals surface area contributed by atoms with Gasteiger partial charge >= 0.3 is 5.97 Å². The van der Waals surface area contributed by atoms with Gasteiger partial charge in [0.1, 0.15) is 18.1 Å². The van der Waals surface area contributed by atoms with E-state index in [4.69, 9.17) is 21.1 Å². The number of carbonyl (C=O) groups excluding carboxylic acids is 1. The number of halogens is 1. The number of thioether (sulfide) groups is 1. The molecule has 0 saturated carbocycles. The fraction of sp³-hybridized carbons (Fsp3) is 0.0952. The number of ether oxygens (including phenoxy) is 2. The first-order valence-corrected chi connectivity index (χ1v) is 9.58. The van der Waals surface area contributed by atoms with E-state index >= 15 is 0 Å². The van der Waals surface area contributed by atoms with Gasteiger partial charge in [-0.3, -0.25) is 0 Å². The van der Waals surface area contributed by atoms with Crippen LogP contribution in [0, 0.1) is 0 Å². The molecule has 0 aliphatic rings. The fourth-order valence-electron chi connectivity index (χ4n) is 2.34. The normalized spacial score (nSPS) is 10.4. The van der Waals surface area contributed by atoms with Crippen molar-refractivity contribution in [1.82, 2.24) is 0 Å². The van der Waals surface area contributed by atoms with E-state index in [1.165, 1.54) is 0 Å². The lowest BCUT2D eigenvalue weighted by atomic mass is 10.2. The molecule has 0 bridgehead atoms. The van der Waals surface area contributed by atoms with Gasteiger partial charge in [-0.25, -0.2) is 4.79 Å². The molecule has 0 aromatic heterocycles. The summed E-state index contributed by atoms with van der Waals surface area (Å²) in [6, 6.07) is 22.3. The minimum Gasteiger partial charge on any atom is -0.457 e. The summed E-state index contributed by atoms with van der Waals surface area (Å²) in [5.41, 5.74) is 1.21. The highest BCUT2D eigenvalue weighted by Gasteiger charge is 2.13. The molecule has 0 heterocycles. The fourth-order valence-corrected chi connectivity index (χ4v) is 2.97. The summed E-state index contributed by atoms with van der Waals surface area (Å²) in [6.45, 7) is 0.143. The van der Waals surface area contributed by atoms with Crippen molar-refractivity contribution in [3.63, 3.8) is 0 Å². The molecule has 0 aliphatic carbocycles. The third-order valence-electron chi connectivity index (χ3n) is 3.64. The average molecular weight is 385 g/mol. The van der Waals surface area contributed by atoms with E-state index in [-0.39, 0.29) is 6.61 Å².